The third kappa shape index (κ3) is 4.06. The highest BCUT2D eigenvalue weighted by Crippen LogP contribution is 2.31. The Morgan fingerprint density at radius 1 is 1.22 bits per heavy atom. The predicted octanol–water partition coefficient (Wildman–Crippen LogP) is 3.43. The molecule has 1 atom stereocenters. The topological polar surface area (TPSA) is 85.4 Å². The van der Waals surface area contributed by atoms with E-state index in [0.29, 0.717) is 17.4 Å². The molecule has 0 aliphatic carbocycles. The van der Waals surface area contributed by atoms with Crippen LogP contribution in [0.2, 0.25) is 0 Å². The average molecular weight is 328 g/mol. The Kier molecular flexibility index (Phi) is 4.55. The molecule has 6 heteroatoms. The number of carboxylic acid groups (broad SMARTS) is 1. The minimum absolute atomic E-state index is 0.0377. The lowest BCUT2D eigenvalue weighted by Gasteiger charge is -2.09. The molecule has 2 aromatic carbocycles. The summed E-state index contributed by atoms with van der Waals surface area (Å²) in [6, 6.07) is 15.0. The number of aliphatic carboxylic acids is 1. The first kappa shape index (κ1) is 15.5. The summed E-state index contributed by atoms with van der Waals surface area (Å²) in [5, 5.41) is 9.32. The van der Waals surface area contributed by atoms with Crippen LogP contribution in [-0.4, -0.2) is 22.1 Å². The van der Waals surface area contributed by atoms with E-state index in [1.165, 1.54) is 11.3 Å². The molecule has 0 spiro atoms. The molecule has 0 radical (unpaired) electrons. The molecule has 0 amide bonds. The third-order valence-corrected chi connectivity index (χ3v) is 4.25. The number of hydrogen-bond donors (Lipinski definition) is 2. The van der Waals surface area contributed by atoms with Crippen LogP contribution in [0.5, 0.6) is 10.9 Å². The van der Waals surface area contributed by atoms with Crippen LogP contribution in [-0.2, 0) is 11.2 Å². The number of hydrogen-bond acceptors (Lipinski definition) is 5. The predicted molar refractivity (Wildman–Crippen MR) is 90.1 cm³/mol. The maximum absolute atomic E-state index is 10.6. The van der Waals surface area contributed by atoms with Crippen LogP contribution in [0.4, 0.5) is 0 Å². The summed E-state index contributed by atoms with van der Waals surface area (Å²) in [5.74, 6) is -0.187. The second-order valence-electron chi connectivity index (χ2n) is 5.26. The largest absolute Gasteiger partial charge is 0.481 e. The summed E-state index contributed by atoms with van der Waals surface area (Å²) < 4.78 is 6.85. The molecule has 1 unspecified atom stereocenters. The van der Waals surface area contributed by atoms with Crippen molar-refractivity contribution in [3.63, 3.8) is 0 Å². The van der Waals surface area contributed by atoms with Gasteiger partial charge < -0.3 is 15.6 Å². The minimum Gasteiger partial charge on any atom is -0.481 e. The van der Waals surface area contributed by atoms with Gasteiger partial charge in [0.15, 0.2) is 0 Å². The summed E-state index contributed by atoms with van der Waals surface area (Å²) in [6.07, 6.45) is 0.484. The molecule has 3 rings (SSSR count). The van der Waals surface area contributed by atoms with E-state index in [-0.39, 0.29) is 12.5 Å². The van der Waals surface area contributed by atoms with Crippen molar-refractivity contribution >= 4 is 27.5 Å². The van der Waals surface area contributed by atoms with Crippen molar-refractivity contribution in [2.75, 3.05) is 0 Å². The molecule has 0 aliphatic rings. The highest BCUT2D eigenvalue weighted by atomic mass is 32.1. The van der Waals surface area contributed by atoms with E-state index in [9.17, 15) is 4.79 Å². The Bertz CT molecular complexity index is 781. The van der Waals surface area contributed by atoms with Crippen molar-refractivity contribution in [2.24, 2.45) is 5.73 Å². The highest BCUT2D eigenvalue weighted by molar-refractivity contribution is 7.20. The molecule has 1 aromatic heterocycles. The molecular formula is C17H16N2O3S. The van der Waals surface area contributed by atoms with Crippen molar-refractivity contribution in [1.82, 2.24) is 4.98 Å². The summed E-state index contributed by atoms with van der Waals surface area (Å²) in [5.41, 5.74) is 7.69. The van der Waals surface area contributed by atoms with E-state index < -0.39 is 5.97 Å². The lowest BCUT2D eigenvalue weighted by atomic mass is 10.0. The Morgan fingerprint density at radius 3 is 2.65 bits per heavy atom. The number of nitrogens with zero attached hydrogens (tertiary/aromatic N) is 1. The number of thiazole rings is 1. The number of benzene rings is 2. The monoisotopic (exact) mass is 328 g/mol. The fraction of sp³-hybridized carbons (Fsp3) is 0.176. The SMILES string of the molecule is NC(CC(=O)O)Cc1ccc(Oc2nc3ccccc3s2)cc1. The van der Waals surface area contributed by atoms with E-state index in [1.807, 2.05) is 48.5 Å². The number of aromatic nitrogens is 1. The van der Waals surface area contributed by atoms with E-state index in [4.69, 9.17) is 15.6 Å². The number of rotatable bonds is 6. The number of carboxylic acids is 1. The van der Waals surface area contributed by atoms with E-state index >= 15 is 0 Å². The van der Waals surface area contributed by atoms with Gasteiger partial charge in [-0.25, -0.2) is 4.98 Å². The Hall–Kier alpha value is -2.44. The Labute approximate surface area is 137 Å². The zero-order valence-electron chi connectivity index (χ0n) is 12.3. The number of fused-ring (bicyclic) bond motifs is 1. The van der Waals surface area contributed by atoms with Gasteiger partial charge in [-0.05, 0) is 36.2 Å². The molecule has 0 bridgehead atoms. The van der Waals surface area contributed by atoms with Gasteiger partial charge in [0, 0.05) is 6.04 Å². The second-order valence-corrected chi connectivity index (χ2v) is 6.25. The molecule has 0 saturated heterocycles. The molecule has 23 heavy (non-hydrogen) atoms. The molecule has 1 heterocycles. The van der Waals surface area contributed by atoms with E-state index in [1.54, 1.807) is 0 Å². The molecule has 118 valence electrons. The van der Waals surface area contributed by atoms with Crippen molar-refractivity contribution < 1.29 is 14.6 Å². The molecular weight excluding hydrogens is 312 g/mol. The van der Waals surface area contributed by atoms with Crippen LogP contribution in [0.1, 0.15) is 12.0 Å². The number of nitrogens with two attached hydrogens (primary N) is 1. The molecule has 5 nitrogen and oxygen atoms in total. The standard InChI is InChI=1S/C17H16N2O3S/c18-12(10-16(20)21)9-11-5-7-13(8-6-11)22-17-19-14-3-1-2-4-15(14)23-17/h1-8,12H,9-10,18H2,(H,20,21). The lowest BCUT2D eigenvalue weighted by molar-refractivity contribution is -0.137. The van der Waals surface area contributed by atoms with Crippen molar-refractivity contribution in [1.29, 1.82) is 0 Å². The summed E-state index contributed by atoms with van der Waals surface area (Å²) in [6.45, 7) is 0. The van der Waals surface area contributed by atoms with Crippen LogP contribution in [0.25, 0.3) is 10.2 Å². The summed E-state index contributed by atoms with van der Waals surface area (Å²) in [4.78, 5) is 15.0. The fourth-order valence-electron chi connectivity index (χ4n) is 2.29. The van der Waals surface area contributed by atoms with E-state index in [2.05, 4.69) is 4.98 Å². The number of carbonyl (C=O) groups is 1. The number of ether oxygens (including phenoxy) is 1. The van der Waals surface area contributed by atoms with Crippen LogP contribution in [0.15, 0.2) is 48.5 Å². The zero-order valence-corrected chi connectivity index (χ0v) is 13.1. The van der Waals surface area contributed by atoms with E-state index in [0.717, 1.165) is 15.8 Å². The first-order chi connectivity index (χ1) is 11.1. The third-order valence-electron chi connectivity index (χ3n) is 3.34. The molecule has 3 N–H and O–H groups in total. The highest BCUT2D eigenvalue weighted by Gasteiger charge is 2.09. The average Bonchev–Trinajstić information content (AvgIpc) is 2.90. The van der Waals surface area contributed by atoms with Crippen molar-refractivity contribution in [3.05, 3.63) is 54.1 Å². The van der Waals surface area contributed by atoms with Gasteiger partial charge in [-0.15, -0.1) is 0 Å². The van der Waals surface area contributed by atoms with Crippen LogP contribution >= 0.6 is 11.3 Å². The Balaban J connectivity index is 1.66. The quantitative estimate of drug-likeness (QED) is 0.724. The van der Waals surface area contributed by atoms with Gasteiger partial charge in [-0.3, -0.25) is 4.79 Å². The smallest absolute Gasteiger partial charge is 0.304 e. The van der Waals surface area contributed by atoms with Gasteiger partial charge in [-0.2, -0.15) is 0 Å². The van der Waals surface area contributed by atoms with Crippen molar-refractivity contribution in [3.8, 4) is 10.9 Å². The Morgan fingerprint density at radius 2 is 1.96 bits per heavy atom. The molecule has 0 aliphatic heterocycles. The maximum Gasteiger partial charge on any atom is 0.304 e. The van der Waals surface area contributed by atoms with Gasteiger partial charge in [0.25, 0.3) is 5.19 Å². The normalized spacial score (nSPS) is 12.2. The van der Waals surface area contributed by atoms with Gasteiger partial charge in [0.05, 0.1) is 16.6 Å². The zero-order chi connectivity index (χ0) is 16.2. The van der Waals surface area contributed by atoms with Gasteiger partial charge in [-0.1, -0.05) is 35.6 Å². The van der Waals surface area contributed by atoms with Gasteiger partial charge in [0.1, 0.15) is 5.75 Å². The number of para-hydroxylation sites is 1. The molecule has 0 saturated carbocycles. The van der Waals surface area contributed by atoms with Gasteiger partial charge in [0.2, 0.25) is 0 Å². The van der Waals surface area contributed by atoms with Crippen LogP contribution in [0.3, 0.4) is 0 Å². The fourth-order valence-corrected chi connectivity index (χ4v) is 3.12. The minimum atomic E-state index is -0.881. The van der Waals surface area contributed by atoms with Gasteiger partial charge >= 0.3 is 5.97 Å². The second kappa shape index (κ2) is 6.76. The van der Waals surface area contributed by atoms with Crippen LogP contribution < -0.4 is 10.5 Å². The van der Waals surface area contributed by atoms with Crippen LogP contribution in [0, 0.1) is 0 Å². The molecule has 3 aromatic rings. The summed E-state index contributed by atoms with van der Waals surface area (Å²) in [7, 11) is 0. The molecule has 0 fully saturated rings. The lowest BCUT2D eigenvalue weighted by Crippen LogP contribution is -2.26. The summed E-state index contributed by atoms with van der Waals surface area (Å²) >= 11 is 1.50. The first-order valence-electron chi connectivity index (χ1n) is 7.20. The first-order valence-corrected chi connectivity index (χ1v) is 8.01. The van der Waals surface area contributed by atoms with Crippen molar-refractivity contribution in [2.45, 2.75) is 18.9 Å². The maximum atomic E-state index is 10.6.